The molecule has 1 aliphatic carbocycles. The molecule has 0 radical (unpaired) electrons. The third kappa shape index (κ3) is 3.02. The number of likely N-dealkylation sites (tertiary alicyclic amines) is 1. The molecule has 2 aromatic rings. The molecular weight excluding hydrogens is 342 g/mol. The summed E-state index contributed by atoms with van der Waals surface area (Å²) in [7, 11) is 0. The van der Waals surface area contributed by atoms with E-state index < -0.39 is 0 Å². The maximum absolute atomic E-state index is 12.8. The van der Waals surface area contributed by atoms with Crippen LogP contribution in [0.25, 0.3) is 11.3 Å². The van der Waals surface area contributed by atoms with E-state index in [9.17, 15) is 9.59 Å². The van der Waals surface area contributed by atoms with Crippen molar-refractivity contribution in [3.63, 3.8) is 0 Å². The normalized spacial score (nSPS) is 20.2. The van der Waals surface area contributed by atoms with Crippen molar-refractivity contribution in [2.24, 2.45) is 0 Å². The van der Waals surface area contributed by atoms with Gasteiger partial charge in [-0.15, -0.1) is 0 Å². The molecule has 1 N–H and O–H groups in total. The van der Waals surface area contributed by atoms with Crippen LogP contribution in [0.5, 0.6) is 0 Å². The second-order valence-electron chi connectivity index (χ2n) is 6.59. The molecule has 1 aromatic carbocycles. The summed E-state index contributed by atoms with van der Waals surface area (Å²) in [5, 5.41) is 7.46. The number of benzene rings is 1. The van der Waals surface area contributed by atoms with Crippen molar-refractivity contribution >= 4 is 23.4 Å². The van der Waals surface area contributed by atoms with Gasteiger partial charge in [0.15, 0.2) is 0 Å². The van der Waals surface area contributed by atoms with Crippen LogP contribution in [0.3, 0.4) is 0 Å². The molecule has 1 aromatic heterocycles. The molecule has 0 spiro atoms. The topological polar surface area (TPSA) is 75.4 Å². The van der Waals surface area contributed by atoms with E-state index in [0.29, 0.717) is 46.6 Å². The summed E-state index contributed by atoms with van der Waals surface area (Å²) in [6.45, 7) is 2.26. The Morgan fingerprint density at radius 3 is 2.84 bits per heavy atom. The SMILES string of the molecule is Cc1onc(-c2ccccc2Cl)c1C(=O)NC1CC(=O)N(C2CC2)C1. The van der Waals surface area contributed by atoms with Gasteiger partial charge in [0, 0.05) is 24.6 Å². The van der Waals surface area contributed by atoms with Gasteiger partial charge < -0.3 is 14.7 Å². The highest BCUT2D eigenvalue weighted by Gasteiger charge is 2.40. The number of nitrogens with zero attached hydrogens (tertiary/aromatic N) is 2. The van der Waals surface area contributed by atoms with Crippen LogP contribution < -0.4 is 5.32 Å². The molecule has 0 bridgehead atoms. The van der Waals surface area contributed by atoms with Crippen LogP contribution >= 0.6 is 11.6 Å². The number of aromatic nitrogens is 1. The minimum absolute atomic E-state index is 0.112. The van der Waals surface area contributed by atoms with Crippen molar-refractivity contribution in [3.05, 3.63) is 40.6 Å². The lowest BCUT2D eigenvalue weighted by molar-refractivity contribution is -0.128. The molecule has 2 amide bonds. The van der Waals surface area contributed by atoms with E-state index in [1.54, 1.807) is 19.1 Å². The number of hydrogen-bond donors (Lipinski definition) is 1. The van der Waals surface area contributed by atoms with Crippen LogP contribution in [0.2, 0.25) is 5.02 Å². The van der Waals surface area contributed by atoms with E-state index in [1.165, 1.54) is 0 Å². The first-order valence-corrected chi connectivity index (χ1v) is 8.74. The summed E-state index contributed by atoms with van der Waals surface area (Å²) in [6, 6.07) is 7.36. The number of hydrogen-bond acceptors (Lipinski definition) is 4. The maximum Gasteiger partial charge on any atom is 0.257 e. The summed E-state index contributed by atoms with van der Waals surface area (Å²) < 4.78 is 5.23. The van der Waals surface area contributed by atoms with Gasteiger partial charge in [0.25, 0.3) is 5.91 Å². The van der Waals surface area contributed by atoms with Gasteiger partial charge >= 0.3 is 0 Å². The number of aryl methyl sites for hydroxylation is 1. The molecule has 4 rings (SSSR count). The van der Waals surface area contributed by atoms with Gasteiger partial charge in [-0.3, -0.25) is 9.59 Å². The fourth-order valence-corrected chi connectivity index (χ4v) is 3.53. The zero-order chi connectivity index (χ0) is 17.6. The maximum atomic E-state index is 12.8. The van der Waals surface area contributed by atoms with E-state index in [4.69, 9.17) is 16.1 Å². The average molecular weight is 360 g/mol. The highest BCUT2D eigenvalue weighted by Crippen LogP contribution is 2.32. The van der Waals surface area contributed by atoms with Crippen molar-refractivity contribution < 1.29 is 14.1 Å². The van der Waals surface area contributed by atoms with Crippen LogP contribution in [0.1, 0.15) is 35.4 Å². The van der Waals surface area contributed by atoms with Crippen molar-refractivity contribution in [2.45, 2.75) is 38.3 Å². The summed E-state index contributed by atoms with van der Waals surface area (Å²) in [4.78, 5) is 26.7. The Morgan fingerprint density at radius 1 is 1.36 bits per heavy atom. The molecule has 1 unspecified atom stereocenters. The van der Waals surface area contributed by atoms with Gasteiger partial charge in [0.05, 0.1) is 11.1 Å². The van der Waals surface area contributed by atoms with E-state index in [-0.39, 0.29) is 17.9 Å². The Morgan fingerprint density at radius 2 is 2.12 bits per heavy atom. The highest BCUT2D eigenvalue weighted by molar-refractivity contribution is 6.33. The molecule has 2 aliphatic rings. The Labute approximate surface area is 150 Å². The van der Waals surface area contributed by atoms with Gasteiger partial charge in [0.2, 0.25) is 5.91 Å². The molecule has 2 heterocycles. The first-order valence-electron chi connectivity index (χ1n) is 8.36. The summed E-state index contributed by atoms with van der Waals surface area (Å²) >= 11 is 6.23. The Hall–Kier alpha value is -2.34. The first-order chi connectivity index (χ1) is 12.0. The van der Waals surface area contributed by atoms with Crippen LogP contribution in [0.15, 0.2) is 28.8 Å². The largest absolute Gasteiger partial charge is 0.360 e. The van der Waals surface area contributed by atoms with Gasteiger partial charge in [-0.05, 0) is 25.8 Å². The van der Waals surface area contributed by atoms with Crippen LogP contribution in [-0.4, -0.2) is 40.5 Å². The molecule has 7 heteroatoms. The zero-order valence-corrected chi connectivity index (χ0v) is 14.5. The lowest BCUT2D eigenvalue weighted by Crippen LogP contribution is -2.37. The molecular formula is C18H18ClN3O3. The number of carbonyl (C=O) groups excluding carboxylic acids is 2. The molecule has 130 valence electrons. The van der Waals surface area contributed by atoms with E-state index in [2.05, 4.69) is 10.5 Å². The van der Waals surface area contributed by atoms with Crippen molar-refractivity contribution in [1.82, 2.24) is 15.4 Å². The number of halogens is 1. The van der Waals surface area contributed by atoms with E-state index in [1.807, 2.05) is 17.0 Å². The third-order valence-corrected chi connectivity index (χ3v) is 5.03. The molecule has 1 saturated carbocycles. The van der Waals surface area contributed by atoms with Gasteiger partial charge in [-0.1, -0.05) is 35.0 Å². The fraction of sp³-hybridized carbons (Fsp3) is 0.389. The van der Waals surface area contributed by atoms with Crippen molar-refractivity contribution in [2.75, 3.05) is 6.54 Å². The third-order valence-electron chi connectivity index (χ3n) is 4.70. The van der Waals surface area contributed by atoms with E-state index in [0.717, 1.165) is 12.8 Å². The highest BCUT2D eigenvalue weighted by atomic mass is 35.5. The van der Waals surface area contributed by atoms with Crippen molar-refractivity contribution in [3.8, 4) is 11.3 Å². The number of rotatable bonds is 4. The molecule has 2 fully saturated rings. The predicted octanol–water partition coefficient (Wildman–Crippen LogP) is 2.80. The number of amides is 2. The van der Waals surface area contributed by atoms with Crippen molar-refractivity contribution in [1.29, 1.82) is 0 Å². The fourth-order valence-electron chi connectivity index (χ4n) is 3.30. The van der Waals surface area contributed by atoms with Gasteiger partial charge in [-0.2, -0.15) is 0 Å². The minimum atomic E-state index is -0.288. The summed E-state index contributed by atoms with van der Waals surface area (Å²) in [6.07, 6.45) is 2.47. The average Bonchev–Trinajstić information content (AvgIpc) is 3.25. The van der Waals surface area contributed by atoms with Gasteiger partial charge in [0.1, 0.15) is 17.0 Å². The summed E-state index contributed by atoms with van der Waals surface area (Å²) in [5.74, 6) is 0.251. The second-order valence-corrected chi connectivity index (χ2v) is 7.00. The Bertz CT molecular complexity index is 844. The second kappa shape index (κ2) is 6.19. The van der Waals surface area contributed by atoms with E-state index >= 15 is 0 Å². The molecule has 1 aliphatic heterocycles. The van der Waals surface area contributed by atoms with Gasteiger partial charge in [-0.25, -0.2) is 0 Å². The van der Waals surface area contributed by atoms with Crippen LogP contribution in [-0.2, 0) is 4.79 Å². The van der Waals surface area contributed by atoms with Crippen LogP contribution in [0, 0.1) is 6.92 Å². The minimum Gasteiger partial charge on any atom is -0.360 e. The quantitative estimate of drug-likeness (QED) is 0.910. The molecule has 6 nitrogen and oxygen atoms in total. The lowest BCUT2D eigenvalue weighted by atomic mass is 10.1. The monoisotopic (exact) mass is 359 g/mol. The zero-order valence-electron chi connectivity index (χ0n) is 13.8. The Kier molecular flexibility index (Phi) is 4.00. The number of nitrogens with one attached hydrogen (secondary N) is 1. The smallest absolute Gasteiger partial charge is 0.257 e. The standard InChI is InChI=1S/C18H18ClN3O3/c1-10-16(17(21-25-10)13-4-2-3-5-14(13)19)18(24)20-11-8-15(23)22(9-11)12-6-7-12/h2-5,11-12H,6-9H2,1H3,(H,20,24). The molecule has 1 saturated heterocycles. The predicted molar refractivity (Wildman–Crippen MR) is 92.3 cm³/mol. The Balaban J connectivity index is 1.56. The lowest BCUT2D eigenvalue weighted by Gasteiger charge is -2.16. The molecule has 1 atom stereocenters. The number of carbonyl (C=O) groups is 2. The first kappa shape index (κ1) is 16.1. The molecule has 25 heavy (non-hydrogen) atoms. The van der Waals surface area contributed by atoms with Crippen LogP contribution in [0.4, 0.5) is 0 Å². The summed E-state index contributed by atoms with van der Waals surface area (Å²) in [5.41, 5.74) is 1.43.